The van der Waals surface area contributed by atoms with Crippen molar-refractivity contribution in [2.24, 2.45) is 7.05 Å². The molecule has 0 aliphatic rings. The molecule has 0 unspecified atom stereocenters. The molecule has 0 aliphatic carbocycles. The van der Waals surface area contributed by atoms with Gasteiger partial charge in [-0.15, -0.1) is 22.9 Å². The van der Waals surface area contributed by atoms with E-state index in [9.17, 15) is 4.79 Å². The molecular weight excluding hydrogens is 272 g/mol. The van der Waals surface area contributed by atoms with Gasteiger partial charge in [-0.1, -0.05) is 0 Å². The average Bonchev–Trinajstić information content (AvgIpc) is 2.95. The van der Waals surface area contributed by atoms with Gasteiger partial charge in [0.2, 0.25) is 5.91 Å². The van der Waals surface area contributed by atoms with Crippen LogP contribution >= 0.6 is 22.9 Å². The summed E-state index contributed by atoms with van der Waals surface area (Å²) in [6.07, 6.45) is 2.13. The van der Waals surface area contributed by atoms with Gasteiger partial charge in [-0.05, 0) is 6.07 Å². The molecule has 2 aromatic heterocycles. The van der Waals surface area contributed by atoms with Crippen molar-refractivity contribution in [1.29, 1.82) is 0 Å². The zero-order valence-electron chi connectivity index (χ0n) is 9.89. The lowest BCUT2D eigenvalue weighted by atomic mass is 10.4. The molecule has 96 valence electrons. The minimum absolute atomic E-state index is 0.0591. The van der Waals surface area contributed by atoms with Crippen molar-refractivity contribution >= 4 is 28.8 Å². The Kier molecular flexibility index (Phi) is 4.33. The van der Waals surface area contributed by atoms with Gasteiger partial charge in [-0.2, -0.15) is 5.10 Å². The van der Waals surface area contributed by atoms with E-state index < -0.39 is 0 Å². The number of rotatable bonds is 5. The fraction of sp³-hybridized carbons (Fsp3) is 0.364. The Labute approximate surface area is 114 Å². The minimum atomic E-state index is -0.0591. The number of amides is 1. The van der Waals surface area contributed by atoms with Crippen molar-refractivity contribution in [3.63, 3.8) is 0 Å². The lowest BCUT2D eigenvalue weighted by Crippen LogP contribution is -2.24. The molecule has 2 heterocycles. The summed E-state index contributed by atoms with van der Waals surface area (Å²) in [6.45, 7) is 0.438. The Balaban J connectivity index is 1.81. The van der Waals surface area contributed by atoms with Gasteiger partial charge < -0.3 is 5.32 Å². The maximum absolute atomic E-state index is 11.7. The second kappa shape index (κ2) is 5.97. The van der Waals surface area contributed by atoms with Crippen LogP contribution in [-0.4, -0.2) is 20.7 Å². The molecule has 0 saturated carbocycles. The summed E-state index contributed by atoms with van der Waals surface area (Å²) in [7, 11) is 1.84. The van der Waals surface area contributed by atoms with Crippen LogP contribution in [0.25, 0.3) is 0 Å². The number of alkyl halides is 1. The van der Waals surface area contributed by atoms with Gasteiger partial charge in [-0.25, -0.2) is 4.98 Å². The zero-order valence-corrected chi connectivity index (χ0v) is 11.5. The molecule has 2 aromatic rings. The van der Waals surface area contributed by atoms with Crippen molar-refractivity contribution in [1.82, 2.24) is 20.1 Å². The molecule has 0 bridgehead atoms. The molecule has 5 nitrogen and oxygen atoms in total. The fourth-order valence-corrected chi connectivity index (χ4v) is 2.46. The van der Waals surface area contributed by atoms with E-state index in [0.717, 1.165) is 16.4 Å². The normalized spacial score (nSPS) is 10.6. The van der Waals surface area contributed by atoms with Crippen molar-refractivity contribution in [2.75, 3.05) is 0 Å². The highest BCUT2D eigenvalue weighted by molar-refractivity contribution is 7.09. The molecule has 2 rings (SSSR count). The summed E-state index contributed by atoms with van der Waals surface area (Å²) in [6, 6.07) is 1.87. The van der Waals surface area contributed by atoms with Gasteiger partial charge in [0.05, 0.1) is 30.2 Å². The highest BCUT2D eigenvalue weighted by atomic mass is 35.5. The van der Waals surface area contributed by atoms with Crippen LogP contribution in [0.5, 0.6) is 0 Å². The number of halogens is 1. The summed E-state index contributed by atoms with van der Waals surface area (Å²) < 4.78 is 1.70. The van der Waals surface area contributed by atoms with Crippen LogP contribution in [0.3, 0.4) is 0 Å². The van der Waals surface area contributed by atoms with Crippen LogP contribution in [0, 0.1) is 0 Å². The largest absolute Gasteiger partial charge is 0.350 e. The third-order valence-corrected chi connectivity index (χ3v) is 3.45. The molecule has 0 atom stereocenters. The number of nitrogens with one attached hydrogen (secondary N) is 1. The zero-order chi connectivity index (χ0) is 13.0. The number of thiazole rings is 1. The Morgan fingerprint density at radius 1 is 1.56 bits per heavy atom. The number of hydrogen-bond donors (Lipinski definition) is 1. The van der Waals surface area contributed by atoms with Gasteiger partial charge in [0, 0.05) is 18.6 Å². The molecule has 18 heavy (non-hydrogen) atoms. The standard InChI is InChI=1S/C11H13ClN4OS/c1-16-3-2-8(15-16)6-13-10(17)4-11-14-9(5-12)7-18-11/h2-3,7H,4-6H2,1H3,(H,13,17). The smallest absolute Gasteiger partial charge is 0.227 e. The summed E-state index contributed by atoms with van der Waals surface area (Å²) in [4.78, 5) is 15.9. The molecule has 7 heteroatoms. The lowest BCUT2D eigenvalue weighted by Gasteiger charge is -2.01. The quantitative estimate of drug-likeness (QED) is 0.846. The molecule has 0 aliphatic heterocycles. The van der Waals surface area contributed by atoms with E-state index in [2.05, 4.69) is 15.4 Å². The number of nitrogens with zero attached hydrogens (tertiary/aromatic N) is 3. The van der Waals surface area contributed by atoms with Crippen LogP contribution in [0.2, 0.25) is 0 Å². The summed E-state index contributed by atoms with van der Waals surface area (Å²) in [5.74, 6) is 0.322. The SMILES string of the molecule is Cn1ccc(CNC(=O)Cc2nc(CCl)cs2)n1. The van der Waals surface area contributed by atoms with Crippen molar-refractivity contribution in [3.05, 3.63) is 34.0 Å². The number of aromatic nitrogens is 3. The topological polar surface area (TPSA) is 59.8 Å². The second-order valence-electron chi connectivity index (χ2n) is 3.80. The van der Waals surface area contributed by atoms with Crippen molar-refractivity contribution in [3.8, 4) is 0 Å². The highest BCUT2D eigenvalue weighted by Crippen LogP contribution is 2.12. The van der Waals surface area contributed by atoms with Crippen molar-refractivity contribution in [2.45, 2.75) is 18.8 Å². The Hall–Kier alpha value is -1.40. The Morgan fingerprint density at radius 2 is 2.39 bits per heavy atom. The van der Waals surface area contributed by atoms with Crippen LogP contribution in [0.15, 0.2) is 17.6 Å². The van der Waals surface area contributed by atoms with Crippen LogP contribution in [0.1, 0.15) is 16.4 Å². The van der Waals surface area contributed by atoms with Gasteiger partial charge in [0.25, 0.3) is 0 Å². The summed E-state index contributed by atoms with van der Waals surface area (Å²) in [5.41, 5.74) is 1.65. The first-order chi connectivity index (χ1) is 8.67. The molecule has 1 amide bonds. The van der Waals surface area contributed by atoms with E-state index in [1.807, 2.05) is 24.7 Å². The Bertz CT molecular complexity index is 537. The van der Waals surface area contributed by atoms with E-state index in [4.69, 9.17) is 11.6 Å². The summed E-state index contributed by atoms with van der Waals surface area (Å²) >= 11 is 7.11. The number of hydrogen-bond acceptors (Lipinski definition) is 4. The number of aryl methyl sites for hydroxylation is 1. The number of carbonyl (C=O) groups excluding carboxylic acids is 1. The van der Waals surface area contributed by atoms with E-state index in [1.165, 1.54) is 11.3 Å². The first-order valence-electron chi connectivity index (χ1n) is 5.42. The minimum Gasteiger partial charge on any atom is -0.350 e. The van der Waals surface area contributed by atoms with Gasteiger partial charge in [-0.3, -0.25) is 9.48 Å². The first kappa shape index (κ1) is 13.0. The maximum atomic E-state index is 11.7. The molecule has 0 saturated heterocycles. The lowest BCUT2D eigenvalue weighted by molar-refractivity contribution is -0.120. The third-order valence-electron chi connectivity index (χ3n) is 2.28. The highest BCUT2D eigenvalue weighted by Gasteiger charge is 2.08. The molecule has 0 aromatic carbocycles. The first-order valence-corrected chi connectivity index (χ1v) is 6.83. The van der Waals surface area contributed by atoms with Crippen molar-refractivity contribution < 1.29 is 4.79 Å². The third kappa shape index (κ3) is 3.54. The predicted molar refractivity (Wildman–Crippen MR) is 70.4 cm³/mol. The van der Waals surface area contributed by atoms with E-state index >= 15 is 0 Å². The monoisotopic (exact) mass is 284 g/mol. The molecule has 1 N–H and O–H groups in total. The van der Waals surface area contributed by atoms with E-state index in [0.29, 0.717) is 12.4 Å². The predicted octanol–water partition coefficient (Wildman–Crippen LogP) is 1.47. The van der Waals surface area contributed by atoms with Crippen LogP contribution < -0.4 is 5.32 Å². The number of carbonyl (C=O) groups is 1. The van der Waals surface area contributed by atoms with E-state index in [1.54, 1.807) is 4.68 Å². The van der Waals surface area contributed by atoms with Gasteiger partial charge in [0.1, 0.15) is 5.01 Å². The van der Waals surface area contributed by atoms with Gasteiger partial charge in [0.15, 0.2) is 0 Å². The Morgan fingerprint density at radius 3 is 3.00 bits per heavy atom. The molecule has 0 fully saturated rings. The molecule has 0 spiro atoms. The van der Waals surface area contributed by atoms with E-state index in [-0.39, 0.29) is 12.3 Å². The second-order valence-corrected chi connectivity index (χ2v) is 5.01. The summed E-state index contributed by atoms with van der Waals surface area (Å²) in [5, 5.41) is 9.64. The van der Waals surface area contributed by atoms with Gasteiger partial charge >= 0.3 is 0 Å². The molecular formula is C11H13ClN4OS. The fourth-order valence-electron chi connectivity index (χ4n) is 1.44. The maximum Gasteiger partial charge on any atom is 0.227 e. The molecule has 0 radical (unpaired) electrons. The van der Waals surface area contributed by atoms with Crippen LogP contribution in [-0.2, 0) is 30.7 Å². The van der Waals surface area contributed by atoms with Crippen LogP contribution in [0.4, 0.5) is 0 Å². The average molecular weight is 285 g/mol.